The molecular weight excluding hydrogens is 302 g/mol. The van der Waals surface area contributed by atoms with Gasteiger partial charge in [-0.05, 0) is 24.5 Å². The molecule has 1 aliphatic rings. The monoisotopic (exact) mass is 321 g/mol. The first-order valence-corrected chi connectivity index (χ1v) is 8.01. The first kappa shape index (κ1) is 16.1. The highest BCUT2D eigenvalue weighted by atomic mass is 16.6. The molecule has 2 atom stereocenters. The van der Waals surface area contributed by atoms with E-state index in [2.05, 4.69) is 4.99 Å². The first-order chi connectivity index (χ1) is 11.7. The van der Waals surface area contributed by atoms with Gasteiger partial charge in [0.15, 0.2) is 12.0 Å². The topological polar surface area (TPSA) is 55.7 Å². The number of ketones is 1. The second kappa shape index (κ2) is 7.21. The van der Waals surface area contributed by atoms with E-state index in [-0.39, 0.29) is 5.78 Å². The van der Waals surface area contributed by atoms with Crippen LogP contribution in [0.2, 0.25) is 0 Å². The second-order valence-electron chi connectivity index (χ2n) is 5.81. The minimum atomic E-state index is -0.883. The number of Topliss-reactive ketones (excluding diaryl/α,β-unsaturated/α-hetero) is 1. The average Bonchev–Trinajstić information content (AvgIpc) is 2.93. The number of carbonyl (C=O) groups excluding carboxylic acids is 2. The van der Waals surface area contributed by atoms with Crippen LogP contribution in [0.3, 0.4) is 0 Å². The van der Waals surface area contributed by atoms with Crippen LogP contribution >= 0.6 is 0 Å². The Balaban J connectivity index is 1.85. The van der Waals surface area contributed by atoms with E-state index >= 15 is 0 Å². The van der Waals surface area contributed by atoms with Gasteiger partial charge in [-0.15, -0.1) is 0 Å². The predicted molar refractivity (Wildman–Crippen MR) is 91.9 cm³/mol. The number of benzene rings is 2. The van der Waals surface area contributed by atoms with Crippen LogP contribution in [0.4, 0.5) is 0 Å². The fraction of sp³-hybridized carbons (Fsp3) is 0.250. The summed E-state index contributed by atoms with van der Waals surface area (Å²) in [5, 5.41) is 0. The van der Waals surface area contributed by atoms with Crippen molar-refractivity contribution in [2.75, 3.05) is 6.54 Å². The van der Waals surface area contributed by atoms with Crippen LogP contribution < -0.4 is 0 Å². The number of nitrogens with zero attached hydrogens (tertiary/aromatic N) is 1. The summed E-state index contributed by atoms with van der Waals surface area (Å²) in [4.78, 5) is 28.6. The van der Waals surface area contributed by atoms with Crippen molar-refractivity contribution >= 4 is 17.5 Å². The number of carbonyl (C=O) groups is 2. The molecule has 0 aromatic heterocycles. The molecule has 122 valence electrons. The van der Waals surface area contributed by atoms with Gasteiger partial charge in [-0.3, -0.25) is 14.6 Å². The Bertz CT molecular complexity index is 753. The van der Waals surface area contributed by atoms with Crippen molar-refractivity contribution in [3.63, 3.8) is 0 Å². The Morgan fingerprint density at radius 1 is 1.04 bits per heavy atom. The standard InChI is InChI=1S/C20H19NO3/c1-14(22)17-18(21-13-12-15-8-4-2-5-9-15)19(24-20(17)23)16-10-6-3-7-11-16/h2-11,17,19H,12-13H2,1H3/t17-,19+/m0/s1. The summed E-state index contributed by atoms with van der Waals surface area (Å²) in [6.45, 7) is 1.93. The van der Waals surface area contributed by atoms with E-state index in [1.807, 2.05) is 60.7 Å². The Kier molecular flexibility index (Phi) is 4.85. The first-order valence-electron chi connectivity index (χ1n) is 8.01. The third kappa shape index (κ3) is 3.43. The molecular formula is C20H19NO3. The number of aliphatic imine (C=N–C) groups is 1. The molecule has 0 spiro atoms. The molecule has 0 saturated carbocycles. The summed E-state index contributed by atoms with van der Waals surface area (Å²) in [5.74, 6) is -1.61. The molecule has 3 rings (SSSR count). The van der Waals surface area contributed by atoms with Gasteiger partial charge in [-0.1, -0.05) is 60.7 Å². The molecule has 1 saturated heterocycles. The maximum atomic E-state index is 12.1. The van der Waals surface area contributed by atoms with Crippen LogP contribution in [-0.4, -0.2) is 24.0 Å². The number of rotatable bonds is 5. The minimum absolute atomic E-state index is 0.225. The van der Waals surface area contributed by atoms with Crippen molar-refractivity contribution in [2.24, 2.45) is 10.9 Å². The van der Waals surface area contributed by atoms with Gasteiger partial charge in [-0.2, -0.15) is 0 Å². The van der Waals surface area contributed by atoms with E-state index in [9.17, 15) is 9.59 Å². The van der Waals surface area contributed by atoms with Crippen molar-refractivity contribution < 1.29 is 14.3 Å². The Hall–Kier alpha value is -2.75. The highest BCUT2D eigenvalue weighted by molar-refractivity contribution is 6.23. The van der Waals surface area contributed by atoms with Gasteiger partial charge in [0.2, 0.25) is 0 Å². The number of cyclic esters (lactones) is 1. The molecule has 2 aromatic carbocycles. The average molecular weight is 321 g/mol. The fourth-order valence-electron chi connectivity index (χ4n) is 2.89. The van der Waals surface area contributed by atoms with Gasteiger partial charge in [0.05, 0.1) is 5.71 Å². The molecule has 1 heterocycles. The molecule has 4 nitrogen and oxygen atoms in total. The van der Waals surface area contributed by atoms with Crippen molar-refractivity contribution in [2.45, 2.75) is 19.4 Å². The van der Waals surface area contributed by atoms with Gasteiger partial charge in [0, 0.05) is 6.54 Å². The molecule has 1 aliphatic heterocycles. The quantitative estimate of drug-likeness (QED) is 0.628. The zero-order chi connectivity index (χ0) is 16.9. The summed E-state index contributed by atoms with van der Waals surface area (Å²) >= 11 is 0. The van der Waals surface area contributed by atoms with E-state index in [1.54, 1.807) is 0 Å². The highest BCUT2D eigenvalue weighted by Gasteiger charge is 2.44. The van der Waals surface area contributed by atoms with Crippen LogP contribution in [0.5, 0.6) is 0 Å². The van der Waals surface area contributed by atoms with E-state index < -0.39 is 18.0 Å². The lowest BCUT2D eigenvalue weighted by molar-refractivity contribution is -0.146. The molecule has 1 fully saturated rings. The zero-order valence-corrected chi connectivity index (χ0v) is 13.5. The number of ether oxygens (including phenoxy) is 1. The van der Waals surface area contributed by atoms with Crippen molar-refractivity contribution in [1.29, 1.82) is 0 Å². The number of esters is 1. The van der Waals surface area contributed by atoms with Gasteiger partial charge >= 0.3 is 5.97 Å². The Morgan fingerprint density at radius 3 is 2.29 bits per heavy atom. The summed E-state index contributed by atoms with van der Waals surface area (Å²) in [6, 6.07) is 19.4. The third-order valence-corrected chi connectivity index (χ3v) is 4.08. The van der Waals surface area contributed by atoms with E-state index in [0.717, 1.165) is 12.0 Å². The van der Waals surface area contributed by atoms with Gasteiger partial charge in [-0.25, -0.2) is 0 Å². The van der Waals surface area contributed by atoms with Crippen molar-refractivity contribution in [1.82, 2.24) is 0 Å². The van der Waals surface area contributed by atoms with Crippen LogP contribution in [0.1, 0.15) is 24.2 Å². The van der Waals surface area contributed by atoms with Crippen LogP contribution in [-0.2, 0) is 20.7 Å². The van der Waals surface area contributed by atoms with E-state index in [1.165, 1.54) is 12.5 Å². The van der Waals surface area contributed by atoms with Crippen LogP contribution in [0.25, 0.3) is 0 Å². The van der Waals surface area contributed by atoms with Crippen molar-refractivity contribution in [3.05, 3.63) is 71.8 Å². The lowest BCUT2D eigenvalue weighted by Gasteiger charge is -2.11. The summed E-state index contributed by atoms with van der Waals surface area (Å²) in [5.41, 5.74) is 2.53. The molecule has 0 unspecified atom stereocenters. The highest BCUT2D eigenvalue weighted by Crippen LogP contribution is 2.32. The second-order valence-corrected chi connectivity index (χ2v) is 5.81. The summed E-state index contributed by atoms with van der Waals surface area (Å²) < 4.78 is 5.45. The number of hydrogen-bond acceptors (Lipinski definition) is 4. The molecule has 0 radical (unpaired) electrons. The van der Waals surface area contributed by atoms with Crippen LogP contribution in [0.15, 0.2) is 65.7 Å². The van der Waals surface area contributed by atoms with Gasteiger partial charge in [0.1, 0.15) is 5.78 Å². The molecule has 4 heteroatoms. The SMILES string of the molecule is CC(=O)[C@@H]1C(=O)O[C@H](c2ccccc2)C1=NCCc1ccccc1. The molecule has 0 aliphatic carbocycles. The minimum Gasteiger partial charge on any atom is -0.450 e. The molecule has 0 N–H and O–H groups in total. The van der Waals surface area contributed by atoms with E-state index in [0.29, 0.717) is 12.3 Å². The maximum Gasteiger partial charge on any atom is 0.323 e. The predicted octanol–water partition coefficient (Wildman–Crippen LogP) is 3.17. The lowest BCUT2D eigenvalue weighted by atomic mass is 9.94. The maximum absolute atomic E-state index is 12.1. The summed E-state index contributed by atoms with van der Waals surface area (Å²) in [7, 11) is 0. The molecule has 24 heavy (non-hydrogen) atoms. The summed E-state index contributed by atoms with van der Waals surface area (Å²) in [6.07, 6.45) is 0.188. The lowest BCUT2D eigenvalue weighted by Crippen LogP contribution is -2.24. The molecule has 2 aromatic rings. The Morgan fingerprint density at radius 2 is 1.67 bits per heavy atom. The zero-order valence-electron chi connectivity index (χ0n) is 13.5. The van der Waals surface area contributed by atoms with Crippen molar-refractivity contribution in [3.8, 4) is 0 Å². The van der Waals surface area contributed by atoms with Gasteiger partial charge in [0.25, 0.3) is 0 Å². The normalized spacial score (nSPS) is 21.7. The number of hydrogen-bond donors (Lipinski definition) is 0. The largest absolute Gasteiger partial charge is 0.450 e. The molecule has 0 bridgehead atoms. The fourth-order valence-corrected chi connectivity index (χ4v) is 2.89. The smallest absolute Gasteiger partial charge is 0.323 e. The third-order valence-electron chi connectivity index (χ3n) is 4.08. The Labute approximate surface area is 141 Å². The van der Waals surface area contributed by atoms with E-state index in [4.69, 9.17) is 4.74 Å². The van der Waals surface area contributed by atoms with Gasteiger partial charge < -0.3 is 4.74 Å². The molecule has 0 amide bonds. The van der Waals surface area contributed by atoms with Crippen LogP contribution in [0, 0.1) is 5.92 Å².